The maximum atomic E-state index is 8.84. The number of nitrogens with two attached hydrogens (primary N) is 1. The summed E-state index contributed by atoms with van der Waals surface area (Å²) in [6.45, 7) is 0. The number of hydrogen-bond donors (Lipinski definition) is 2. The monoisotopic (exact) mass is 374 g/mol. The fraction of sp³-hybridized carbons (Fsp3) is 0. The van der Waals surface area contributed by atoms with Crippen LogP contribution in [0, 0.1) is 0 Å². The van der Waals surface area contributed by atoms with Gasteiger partial charge in [0.25, 0.3) is 0 Å². The highest BCUT2D eigenvalue weighted by molar-refractivity contribution is 9.10. The Balaban J connectivity index is 2.49. The molecule has 0 aliphatic rings. The zero-order valence-electron chi connectivity index (χ0n) is 9.98. The van der Waals surface area contributed by atoms with E-state index in [0.717, 1.165) is 0 Å². The van der Waals surface area contributed by atoms with Gasteiger partial charge in [-0.25, -0.2) is 0 Å². The zero-order chi connectivity index (χ0) is 14.7. The molecule has 0 unspecified atom stereocenters. The number of benzene rings is 2. The minimum atomic E-state index is -0.0781. The Morgan fingerprint density at radius 3 is 2.50 bits per heavy atom. The van der Waals surface area contributed by atoms with Gasteiger partial charge in [-0.1, -0.05) is 40.5 Å². The third-order valence-electron chi connectivity index (χ3n) is 2.48. The fourth-order valence-corrected chi connectivity index (χ4v) is 2.45. The lowest BCUT2D eigenvalue weighted by Crippen LogP contribution is -2.15. The SMILES string of the molecule is N/C(=N/O)c1c(Br)cccc1Oc1cccc(Cl)c1Cl. The van der Waals surface area contributed by atoms with Crippen molar-refractivity contribution in [2.75, 3.05) is 0 Å². The third-order valence-corrected chi connectivity index (χ3v) is 3.94. The van der Waals surface area contributed by atoms with Crippen molar-refractivity contribution in [2.45, 2.75) is 0 Å². The van der Waals surface area contributed by atoms with Gasteiger partial charge in [0.05, 0.1) is 10.6 Å². The fourth-order valence-electron chi connectivity index (χ4n) is 1.57. The summed E-state index contributed by atoms with van der Waals surface area (Å²) < 4.78 is 6.33. The number of nitrogens with zero attached hydrogens (tertiary/aromatic N) is 1. The van der Waals surface area contributed by atoms with Gasteiger partial charge in [0.15, 0.2) is 5.84 Å². The molecule has 3 N–H and O–H groups in total. The predicted molar refractivity (Wildman–Crippen MR) is 83.2 cm³/mol. The first-order valence-corrected chi connectivity index (χ1v) is 6.97. The standard InChI is InChI=1S/C13H9BrCl2N2O2/c14-7-3-1-5-9(11(7)13(17)18-19)20-10-6-2-4-8(15)12(10)16/h1-6,19H,(H2,17,18). The Kier molecular flexibility index (Phi) is 4.75. The lowest BCUT2D eigenvalue weighted by Gasteiger charge is -2.13. The molecule has 104 valence electrons. The summed E-state index contributed by atoms with van der Waals surface area (Å²) in [6, 6.07) is 10.2. The molecule has 0 aliphatic heterocycles. The van der Waals surface area contributed by atoms with Gasteiger partial charge in [-0.2, -0.15) is 0 Å². The largest absolute Gasteiger partial charge is 0.455 e. The van der Waals surface area contributed by atoms with Crippen LogP contribution < -0.4 is 10.5 Å². The molecule has 2 aromatic carbocycles. The second-order valence-corrected chi connectivity index (χ2v) is 5.39. The van der Waals surface area contributed by atoms with Crippen LogP contribution in [0.2, 0.25) is 10.0 Å². The number of halogens is 3. The van der Waals surface area contributed by atoms with Crippen molar-refractivity contribution in [1.82, 2.24) is 0 Å². The van der Waals surface area contributed by atoms with E-state index >= 15 is 0 Å². The van der Waals surface area contributed by atoms with Crippen molar-refractivity contribution in [2.24, 2.45) is 10.9 Å². The molecule has 0 radical (unpaired) electrons. The Bertz CT molecular complexity index is 677. The first-order valence-electron chi connectivity index (χ1n) is 5.43. The maximum absolute atomic E-state index is 8.84. The number of rotatable bonds is 3. The minimum Gasteiger partial charge on any atom is -0.455 e. The van der Waals surface area contributed by atoms with E-state index < -0.39 is 0 Å². The number of oxime groups is 1. The summed E-state index contributed by atoms with van der Waals surface area (Å²) in [4.78, 5) is 0. The second kappa shape index (κ2) is 6.35. The molecule has 4 nitrogen and oxygen atoms in total. The lowest BCUT2D eigenvalue weighted by atomic mass is 10.2. The van der Waals surface area contributed by atoms with Crippen LogP contribution >= 0.6 is 39.1 Å². The van der Waals surface area contributed by atoms with Gasteiger partial charge in [0, 0.05) is 4.47 Å². The van der Waals surface area contributed by atoms with Gasteiger partial charge in [-0.15, -0.1) is 0 Å². The number of amidine groups is 1. The molecule has 2 rings (SSSR count). The van der Waals surface area contributed by atoms with Crippen LogP contribution in [0.4, 0.5) is 0 Å². The molecule has 2 aromatic rings. The van der Waals surface area contributed by atoms with Crippen LogP contribution in [0.3, 0.4) is 0 Å². The molecule has 0 aromatic heterocycles. The Labute approximate surface area is 133 Å². The average molecular weight is 376 g/mol. The molecule has 0 spiro atoms. The van der Waals surface area contributed by atoms with E-state index in [1.54, 1.807) is 36.4 Å². The lowest BCUT2D eigenvalue weighted by molar-refractivity contribution is 0.318. The van der Waals surface area contributed by atoms with Crippen molar-refractivity contribution in [3.8, 4) is 11.5 Å². The summed E-state index contributed by atoms with van der Waals surface area (Å²) >= 11 is 15.3. The molecule has 0 fully saturated rings. The van der Waals surface area contributed by atoms with Crippen molar-refractivity contribution in [3.05, 3.63) is 56.5 Å². The van der Waals surface area contributed by atoms with Crippen LogP contribution in [0.1, 0.15) is 5.56 Å². The molecule has 0 bridgehead atoms. The van der Waals surface area contributed by atoms with Gasteiger partial charge in [0.2, 0.25) is 0 Å². The number of hydrogen-bond acceptors (Lipinski definition) is 3. The molecule has 0 saturated carbocycles. The topological polar surface area (TPSA) is 67.8 Å². The molecule has 0 heterocycles. The molecular formula is C13H9BrCl2N2O2. The van der Waals surface area contributed by atoms with Crippen LogP contribution in [0.25, 0.3) is 0 Å². The van der Waals surface area contributed by atoms with E-state index in [-0.39, 0.29) is 5.84 Å². The Morgan fingerprint density at radius 1 is 1.15 bits per heavy atom. The Morgan fingerprint density at radius 2 is 1.80 bits per heavy atom. The summed E-state index contributed by atoms with van der Waals surface area (Å²) in [6.07, 6.45) is 0. The van der Waals surface area contributed by atoms with E-state index in [0.29, 0.717) is 31.6 Å². The van der Waals surface area contributed by atoms with Gasteiger partial charge in [0.1, 0.15) is 16.5 Å². The molecular weight excluding hydrogens is 367 g/mol. The highest BCUT2D eigenvalue weighted by Crippen LogP contribution is 2.37. The molecule has 0 amide bonds. The summed E-state index contributed by atoms with van der Waals surface area (Å²) in [5.74, 6) is 0.689. The van der Waals surface area contributed by atoms with E-state index in [2.05, 4.69) is 21.1 Å². The predicted octanol–water partition coefficient (Wildman–Crippen LogP) is 4.64. The summed E-state index contributed by atoms with van der Waals surface area (Å²) in [5.41, 5.74) is 6.07. The van der Waals surface area contributed by atoms with Crippen LogP contribution in [-0.4, -0.2) is 11.0 Å². The van der Waals surface area contributed by atoms with Crippen molar-refractivity contribution in [3.63, 3.8) is 0 Å². The summed E-state index contributed by atoms with van der Waals surface area (Å²) in [7, 11) is 0. The van der Waals surface area contributed by atoms with E-state index in [1.807, 2.05) is 0 Å². The van der Waals surface area contributed by atoms with Crippen molar-refractivity contribution >= 4 is 45.0 Å². The first-order chi connectivity index (χ1) is 9.54. The van der Waals surface area contributed by atoms with Gasteiger partial charge >= 0.3 is 0 Å². The van der Waals surface area contributed by atoms with Gasteiger partial charge in [-0.05, 0) is 40.2 Å². The van der Waals surface area contributed by atoms with E-state index in [4.69, 9.17) is 38.9 Å². The number of ether oxygens (including phenoxy) is 1. The molecule has 20 heavy (non-hydrogen) atoms. The highest BCUT2D eigenvalue weighted by atomic mass is 79.9. The van der Waals surface area contributed by atoms with E-state index in [9.17, 15) is 0 Å². The highest BCUT2D eigenvalue weighted by Gasteiger charge is 2.15. The maximum Gasteiger partial charge on any atom is 0.175 e. The smallest absolute Gasteiger partial charge is 0.175 e. The third kappa shape index (κ3) is 3.00. The van der Waals surface area contributed by atoms with Crippen molar-refractivity contribution < 1.29 is 9.94 Å². The average Bonchev–Trinajstić information content (AvgIpc) is 2.43. The van der Waals surface area contributed by atoms with Crippen molar-refractivity contribution in [1.29, 1.82) is 0 Å². The Hall–Kier alpha value is -1.43. The van der Waals surface area contributed by atoms with Crippen LogP contribution in [0.5, 0.6) is 11.5 Å². The van der Waals surface area contributed by atoms with Gasteiger partial charge in [-0.3, -0.25) is 0 Å². The minimum absolute atomic E-state index is 0.0781. The molecule has 0 aliphatic carbocycles. The molecule has 0 saturated heterocycles. The van der Waals surface area contributed by atoms with E-state index in [1.165, 1.54) is 0 Å². The van der Waals surface area contributed by atoms with Crippen LogP contribution in [-0.2, 0) is 0 Å². The normalized spacial score (nSPS) is 11.4. The zero-order valence-corrected chi connectivity index (χ0v) is 13.1. The summed E-state index contributed by atoms with van der Waals surface area (Å²) in [5, 5.41) is 12.5. The van der Waals surface area contributed by atoms with Gasteiger partial charge < -0.3 is 15.7 Å². The molecule has 0 atom stereocenters. The first kappa shape index (κ1) is 15.0. The van der Waals surface area contributed by atoms with Crippen LogP contribution in [0.15, 0.2) is 46.0 Å². The quantitative estimate of drug-likeness (QED) is 0.355. The second-order valence-electron chi connectivity index (χ2n) is 3.75. The molecule has 7 heteroatoms.